The van der Waals surface area contributed by atoms with Crippen LogP contribution < -0.4 is 0 Å². The first-order valence-corrected chi connectivity index (χ1v) is 8.00. The molecule has 2 unspecified atom stereocenters. The van der Waals surface area contributed by atoms with Crippen molar-refractivity contribution in [3.05, 3.63) is 0 Å². The summed E-state index contributed by atoms with van der Waals surface area (Å²) in [7, 11) is 0. The predicted octanol–water partition coefficient (Wildman–Crippen LogP) is 4.90. The lowest BCUT2D eigenvalue weighted by atomic mass is 9.87. The molecule has 0 aromatic heterocycles. The molecule has 0 saturated carbocycles. The SMILES string of the molecule is CCCCOC(O)(CCCC)C(CC)CCCC. The van der Waals surface area contributed by atoms with E-state index < -0.39 is 5.79 Å². The second-order valence-electron chi connectivity index (χ2n) is 5.40. The summed E-state index contributed by atoms with van der Waals surface area (Å²) in [5, 5.41) is 10.8. The molecule has 0 aliphatic heterocycles. The maximum Gasteiger partial charge on any atom is 0.168 e. The van der Waals surface area contributed by atoms with Crippen molar-refractivity contribution in [3.63, 3.8) is 0 Å². The number of rotatable bonds is 12. The largest absolute Gasteiger partial charge is 0.365 e. The quantitative estimate of drug-likeness (QED) is 0.398. The highest BCUT2D eigenvalue weighted by molar-refractivity contribution is 4.77. The third-order valence-electron chi connectivity index (χ3n) is 3.78. The number of hydrogen-bond donors (Lipinski definition) is 1. The average molecular weight is 258 g/mol. The first-order valence-electron chi connectivity index (χ1n) is 8.00. The van der Waals surface area contributed by atoms with E-state index in [2.05, 4.69) is 27.7 Å². The van der Waals surface area contributed by atoms with E-state index in [9.17, 15) is 5.11 Å². The van der Waals surface area contributed by atoms with Crippen molar-refractivity contribution >= 4 is 0 Å². The predicted molar refractivity (Wildman–Crippen MR) is 78.6 cm³/mol. The summed E-state index contributed by atoms with van der Waals surface area (Å²) in [6.45, 7) is 9.39. The van der Waals surface area contributed by atoms with Crippen molar-refractivity contribution < 1.29 is 9.84 Å². The Morgan fingerprint density at radius 2 is 1.56 bits per heavy atom. The van der Waals surface area contributed by atoms with Gasteiger partial charge in [-0.3, -0.25) is 0 Å². The fraction of sp³-hybridized carbons (Fsp3) is 1.00. The Labute approximate surface area is 114 Å². The molecule has 2 nitrogen and oxygen atoms in total. The minimum Gasteiger partial charge on any atom is -0.365 e. The van der Waals surface area contributed by atoms with Gasteiger partial charge in [0.05, 0.1) is 6.61 Å². The first-order chi connectivity index (χ1) is 8.64. The van der Waals surface area contributed by atoms with Gasteiger partial charge in [-0.25, -0.2) is 0 Å². The fourth-order valence-corrected chi connectivity index (χ4v) is 2.42. The standard InChI is InChI=1S/C16H34O2/c1-5-9-12-15(8-4)16(17,13-10-6-2)18-14-11-7-3/h15,17H,5-14H2,1-4H3. The highest BCUT2D eigenvalue weighted by Crippen LogP contribution is 2.32. The lowest BCUT2D eigenvalue weighted by molar-refractivity contribution is -0.244. The van der Waals surface area contributed by atoms with E-state index in [0.29, 0.717) is 12.5 Å². The van der Waals surface area contributed by atoms with Crippen LogP contribution in [0.2, 0.25) is 0 Å². The van der Waals surface area contributed by atoms with Gasteiger partial charge >= 0.3 is 0 Å². The van der Waals surface area contributed by atoms with E-state index in [0.717, 1.165) is 44.9 Å². The first kappa shape index (κ1) is 17.9. The molecule has 1 N–H and O–H groups in total. The van der Waals surface area contributed by atoms with Crippen molar-refractivity contribution in [2.45, 2.75) is 91.3 Å². The van der Waals surface area contributed by atoms with E-state index in [-0.39, 0.29) is 0 Å². The van der Waals surface area contributed by atoms with Crippen molar-refractivity contribution in [1.29, 1.82) is 0 Å². The summed E-state index contributed by atoms with van der Waals surface area (Å²) in [5.41, 5.74) is 0. The molecule has 0 fully saturated rings. The van der Waals surface area contributed by atoms with Crippen LogP contribution in [0, 0.1) is 5.92 Å². The third-order valence-corrected chi connectivity index (χ3v) is 3.78. The van der Waals surface area contributed by atoms with Crippen molar-refractivity contribution in [2.75, 3.05) is 6.61 Å². The zero-order valence-corrected chi connectivity index (χ0v) is 13.0. The van der Waals surface area contributed by atoms with Gasteiger partial charge in [-0.2, -0.15) is 0 Å². The molecular weight excluding hydrogens is 224 g/mol. The second kappa shape index (κ2) is 10.8. The van der Waals surface area contributed by atoms with E-state index in [4.69, 9.17) is 4.74 Å². The number of aliphatic hydroxyl groups is 1. The van der Waals surface area contributed by atoms with Gasteiger partial charge in [0.2, 0.25) is 0 Å². The Balaban J connectivity index is 4.46. The summed E-state index contributed by atoms with van der Waals surface area (Å²) in [6.07, 6.45) is 9.57. The smallest absolute Gasteiger partial charge is 0.168 e. The molecular formula is C16H34O2. The van der Waals surface area contributed by atoms with Crippen molar-refractivity contribution in [2.24, 2.45) is 5.92 Å². The minimum absolute atomic E-state index is 0.292. The summed E-state index contributed by atoms with van der Waals surface area (Å²) < 4.78 is 5.88. The molecule has 110 valence electrons. The molecule has 0 amide bonds. The highest BCUT2D eigenvalue weighted by Gasteiger charge is 2.35. The minimum atomic E-state index is -0.880. The lowest BCUT2D eigenvalue weighted by Crippen LogP contribution is -2.41. The highest BCUT2D eigenvalue weighted by atomic mass is 16.6. The number of hydrogen-bond acceptors (Lipinski definition) is 2. The van der Waals surface area contributed by atoms with Gasteiger partial charge in [-0.05, 0) is 25.7 Å². The molecule has 0 saturated heterocycles. The van der Waals surface area contributed by atoms with E-state index >= 15 is 0 Å². The summed E-state index contributed by atoms with van der Waals surface area (Å²) >= 11 is 0. The molecule has 0 aliphatic carbocycles. The van der Waals surface area contributed by atoms with Gasteiger partial charge in [-0.1, -0.05) is 53.4 Å². The molecule has 18 heavy (non-hydrogen) atoms. The summed E-state index contributed by atoms with van der Waals surface area (Å²) in [6, 6.07) is 0. The average Bonchev–Trinajstić information content (AvgIpc) is 2.37. The molecule has 0 rings (SSSR count). The molecule has 0 spiro atoms. The van der Waals surface area contributed by atoms with Crippen LogP contribution in [0.15, 0.2) is 0 Å². The third kappa shape index (κ3) is 6.75. The molecule has 0 aliphatic rings. The van der Waals surface area contributed by atoms with Crippen LogP contribution >= 0.6 is 0 Å². The maximum atomic E-state index is 10.8. The summed E-state index contributed by atoms with van der Waals surface area (Å²) in [4.78, 5) is 0. The molecule has 0 heterocycles. The van der Waals surface area contributed by atoms with Gasteiger partial charge in [0.1, 0.15) is 0 Å². The lowest BCUT2D eigenvalue weighted by Gasteiger charge is -2.36. The topological polar surface area (TPSA) is 29.5 Å². The molecule has 0 aromatic carbocycles. The van der Waals surface area contributed by atoms with Gasteiger partial charge < -0.3 is 9.84 Å². The number of unbranched alkanes of at least 4 members (excludes halogenated alkanes) is 3. The molecule has 2 atom stereocenters. The van der Waals surface area contributed by atoms with Crippen LogP contribution in [0.3, 0.4) is 0 Å². The van der Waals surface area contributed by atoms with Crippen LogP contribution in [0.1, 0.15) is 85.5 Å². The van der Waals surface area contributed by atoms with Crippen LogP contribution in [-0.2, 0) is 4.74 Å². The summed E-state index contributed by atoms with van der Waals surface area (Å²) in [5.74, 6) is -0.587. The normalized spacial score (nSPS) is 16.5. The Hall–Kier alpha value is -0.0800. The Bertz CT molecular complexity index is 182. The molecule has 0 bridgehead atoms. The van der Waals surface area contributed by atoms with Crippen LogP contribution in [0.5, 0.6) is 0 Å². The monoisotopic (exact) mass is 258 g/mol. The zero-order valence-electron chi connectivity index (χ0n) is 13.0. The van der Waals surface area contributed by atoms with E-state index in [1.54, 1.807) is 0 Å². The van der Waals surface area contributed by atoms with Gasteiger partial charge in [0.25, 0.3) is 0 Å². The van der Waals surface area contributed by atoms with Gasteiger partial charge in [-0.15, -0.1) is 0 Å². The Morgan fingerprint density at radius 3 is 2.06 bits per heavy atom. The molecule has 0 radical (unpaired) electrons. The van der Waals surface area contributed by atoms with Gasteiger partial charge in [0, 0.05) is 12.3 Å². The molecule has 0 aromatic rings. The van der Waals surface area contributed by atoms with Crippen LogP contribution in [0.25, 0.3) is 0 Å². The van der Waals surface area contributed by atoms with E-state index in [1.807, 2.05) is 0 Å². The molecule has 2 heteroatoms. The Kier molecular flexibility index (Phi) is 10.8. The van der Waals surface area contributed by atoms with E-state index in [1.165, 1.54) is 12.8 Å². The number of ether oxygens (including phenoxy) is 1. The van der Waals surface area contributed by atoms with Crippen molar-refractivity contribution in [1.82, 2.24) is 0 Å². The van der Waals surface area contributed by atoms with Crippen molar-refractivity contribution in [3.8, 4) is 0 Å². The second-order valence-corrected chi connectivity index (χ2v) is 5.40. The van der Waals surface area contributed by atoms with Crippen LogP contribution in [0.4, 0.5) is 0 Å². The van der Waals surface area contributed by atoms with Gasteiger partial charge in [0.15, 0.2) is 5.79 Å². The van der Waals surface area contributed by atoms with Crippen LogP contribution in [-0.4, -0.2) is 17.5 Å². The maximum absolute atomic E-state index is 10.8. The fourth-order valence-electron chi connectivity index (χ4n) is 2.42. The zero-order chi connectivity index (χ0) is 13.9. The Morgan fingerprint density at radius 1 is 0.944 bits per heavy atom.